The Bertz CT molecular complexity index is 632. The summed E-state index contributed by atoms with van der Waals surface area (Å²) in [5.41, 5.74) is 0. The molecule has 0 rings (SSSR count). The van der Waals surface area contributed by atoms with E-state index in [4.69, 9.17) is 15.3 Å². The Kier molecular flexibility index (Phi) is 9.89. The Morgan fingerprint density at radius 3 is 0.966 bits per heavy atom. The van der Waals surface area contributed by atoms with E-state index in [0.717, 1.165) is 20.8 Å². The van der Waals surface area contributed by atoms with Gasteiger partial charge in [0.2, 0.25) is 0 Å². The number of rotatable bonds is 12. The van der Waals surface area contributed by atoms with Gasteiger partial charge in [-0.1, -0.05) is 14.0 Å². The minimum absolute atomic E-state index is 0.837. The second-order valence-corrected chi connectivity index (χ2v) is 6.40. The summed E-state index contributed by atoms with van der Waals surface area (Å²) in [4.78, 5) is 77.6. The fraction of sp³-hybridized carbons (Fsp3) is 0.500. The van der Waals surface area contributed by atoms with Gasteiger partial charge in [0, 0.05) is 0 Å². The number of carboxylic acids is 3. The summed E-state index contributed by atoms with van der Waals surface area (Å²) in [5.74, 6) is -15.5. The van der Waals surface area contributed by atoms with Crippen molar-refractivity contribution in [1.82, 2.24) is 0 Å². The summed E-state index contributed by atoms with van der Waals surface area (Å²) in [6.07, 6.45) is 0. The average molecular weight is 446 g/mol. The molecule has 0 aromatic carbocycles. The van der Waals surface area contributed by atoms with Gasteiger partial charge in [0.05, 0.1) is 0 Å². The number of phosphoric acid groups is 1. The lowest BCUT2D eigenvalue weighted by molar-refractivity contribution is -0.299. The Balaban J connectivity index is 5.22. The van der Waals surface area contributed by atoms with Crippen LogP contribution in [0.15, 0.2) is 0 Å². The van der Waals surface area contributed by atoms with Crippen LogP contribution in [-0.4, -0.2) is 51.1 Å². The molecule has 16 nitrogen and oxygen atoms in total. The fourth-order valence-corrected chi connectivity index (χ4v) is 1.37. The second-order valence-electron chi connectivity index (χ2n) is 5.06. The van der Waals surface area contributed by atoms with E-state index >= 15 is 0 Å². The number of aliphatic carboxylic acids is 3. The summed E-state index contributed by atoms with van der Waals surface area (Å²) in [6, 6.07) is 0. The van der Waals surface area contributed by atoms with Crippen molar-refractivity contribution in [3.8, 4) is 0 Å². The van der Waals surface area contributed by atoms with Crippen LogP contribution in [0.2, 0.25) is 0 Å². The highest BCUT2D eigenvalue weighted by Gasteiger charge is 2.40. The van der Waals surface area contributed by atoms with E-state index < -0.39 is 61.4 Å². The van der Waals surface area contributed by atoms with Crippen LogP contribution in [-0.2, 0) is 62.0 Å². The lowest BCUT2D eigenvalue weighted by atomic mass is 10.2. The quantitative estimate of drug-likeness (QED) is 0.151. The van der Waals surface area contributed by atoms with Crippen LogP contribution in [0.4, 0.5) is 0 Å². The zero-order valence-corrected chi connectivity index (χ0v) is 15.7. The van der Waals surface area contributed by atoms with Gasteiger partial charge in [0.1, 0.15) is 0 Å². The highest BCUT2D eigenvalue weighted by Crippen LogP contribution is 2.50. The lowest BCUT2D eigenvalue weighted by Gasteiger charge is -2.15. The van der Waals surface area contributed by atoms with Gasteiger partial charge in [0.15, 0.2) is 17.8 Å². The molecule has 3 N–H and O–H groups in total. The van der Waals surface area contributed by atoms with Crippen molar-refractivity contribution in [3.63, 3.8) is 0 Å². The SMILES string of the molecule is CC(C(=O)O)C(=O)OOP(=O)(OOC(=O)C(C)C(=O)O)OOC(=O)C(C)C(=O)O. The number of carbonyl (C=O) groups excluding carboxylic acids is 3. The average Bonchev–Trinajstić information content (AvgIpc) is 2.66. The van der Waals surface area contributed by atoms with E-state index in [-0.39, 0.29) is 0 Å². The molecule has 3 unspecified atom stereocenters. The summed E-state index contributed by atoms with van der Waals surface area (Å²) in [7, 11) is -5.50. The second kappa shape index (κ2) is 11.1. The van der Waals surface area contributed by atoms with Gasteiger partial charge in [0.25, 0.3) is 0 Å². The van der Waals surface area contributed by atoms with E-state index in [9.17, 15) is 33.3 Å². The molecule has 0 heterocycles. The molecule has 0 aliphatic carbocycles. The predicted octanol–water partition coefficient (Wildman–Crippen LogP) is -0.319. The van der Waals surface area contributed by atoms with Crippen LogP contribution in [0.3, 0.4) is 0 Å². The molecule has 0 saturated carbocycles. The maximum atomic E-state index is 12.2. The summed E-state index contributed by atoms with van der Waals surface area (Å²) in [6.45, 7) is 2.51. The van der Waals surface area contributed by atoms with Crippen molar-refractivity contribution in [2.75, 3.05) is 0 Å². The molecule has 3 atom stereocenters. The molecule has 29 heavy (non-hydrogen) atoms. The first-order valence-electron chi connectivity index (χ1n) is 7.20. The molecule has 164 valence electrons. The molecule has 0 fully saturated rings. The third-order valence-electron chi connectivity index (χ3n) is 2.80. The van der Waals surface area contributed by atoms with Gasteiger partial charge in [-0.15, -0.1) is 0 Å². The van der Waals surface area contributed by atoms with Crippen LogP contribution in [0, 0.1) is 17.8 Å². The van der Waals surface area contributed by atoms with Crippen LogP contribution >= 0.6 is 7.82 Å². The minimum atomic E-state index is -5.50. The Morgan fingerprint density at radius 1 is 0.586 bits per heavy atom. The zero-order valence-electron chi connectivity index (χ0n) is 14.8. The van der Waals surface area contributed by atoms with Crippen molar-refractivity contribution >= 4 is 43.6 Å². The van der Waals surface area contributed by atoms with Crippen molar-refractivity contribution < 1.29 is 77.3 Å². The minimum Gasteiger partial charge on any atom is -0.481 e. The van der Waals surface area contributed by atoms with Crippen molar-refractivity contribution in [1.29, 1.82) is 0 Å². The molecule has 0 radical (unpaired) electrons. The van der Waals surface area contributed by atoms with Crippen molar-refractivity contribution in [3.05, 3.63) is 0 Å². The summed E-state index contributed by atoms with van der Waals surface area (Å²) in [5, 5.41) is 25.9. The van der Waals surface area contributed by atoms with Crippen LogP contribution in [0.1, 0.15) is 20.8 Å². The highest BCUT2D eigenvalue weighted by molar-refractivity contribution is 7.48. The molecule has 0 bridgehead atoms. The third kappa shape index (κ3) is 8.65. The Labute approximate surface area is 160 Å². The predicted molar refractivity (Wildman–Crippen MR) is 79.5 cm³/mol. The smallest absolute Gasteiger partial charge is 0.481 e. The molecular formula is C12H15O16P. The highest BCUT2D eigenvalue weighted by atomic mass is 31.2. The molecule has 17 heteroatoms. The van der Waals surface area contributed by atoms with E-state index in [1.807, 2.05) is 0 Å². The molecule has 0 aromatic heterocycles. The Morgan fingerprint density at radius 2 is 0.793 bits per heavy atom. The molecule has 0 aromatic rings. The van der Waals surface area contributed by atoms with E-state index in [1.165, 1.54) is 0 Å². The standard InChI is InChI=1S/C12H15O16P/c1-4(7(13)14)10(19)23-26-29(22,27-24-11(20)5(2)8(15)16)28-25-12(21)6(3)9(17)18/h4-6H,1-3H3,(H,13,14)(H,15,16)(H,17,18). The number of carboxylic acid groups (broad SMARTS) is 3. The fourth-order valence-electron chi connectivity index (χ4n) is 0.803. The first-order valence-corrected chi connectivity index (χ1v) is 8.66. The summed E-state index contributed by atoms with van der Waals surface area (Å²) >= 11 is 0. The van der Waals surface area contributed by atoms with E-state index in [1.54, 1.807) is 0 Å². The Hall–Kier alpha value is -3.07. The zero-order chi connectivity index (χ0) is 22.9. The van der Waals surface area contributed by atoms with Gasteiger partial charge in [-0.3, -0.25) is 29.0 Å². The maximum Gasteiger partial charge on any atom is 0.584 e. The molecular weight excluding hydrogens is 431 g/mol. The molecule has 0 amide bonds. The first-order chi connectivity index (χ1) is 13.2. The number of hydrogen-bond acceptors (Lipinski definition) is 13. The van der Waals surface area contributed by atoms with Crippen LogP contribution < -0.4 is 0 Å². The maximum absolute atomic E-state index is 12.2. The third-order valence-corrected chi connectivity index (χ3v) is 3.58. The molecule has 0 aliphatic rings. The van der Waals surface area contributed by atoms with Gasteiger partial charge in [-0.05, 0) is 20.8 Å². The molecule has 0 aliphatic heterocycles. The van der Waals surface area contributed by atoms with E-state index in [0.29, 0.717) is 0 Å². The normalized spacial score (nSPS) is 15.7. The van der Waals surface area contributed by atoms with E-state index in [2.05, 4.69) is 28.7 Å². The van der Waals surface area contributed by atoms with Crippen molar-refractivity contribution in [2.45, 2.75) is 20.8 Å². The lowest BCUT2D eigenvalue weighted by Crippen LogP contribution is -2.25. The van der Waals surface area contributed by atoms with Crippen LogP contribution in [0.25, 0.3) is 0 Å². The van der Waals surface area contributed by atoms with Crippen molar-refractivity contribution in [2.24, 2.45) is 17.8 Å². The monoisotopic (exact) mass is 446 g/mol. The van der Waals surface area contributed by atoms with Gasteiger partial charge in [-0.2, -0.15) is 0 Å². The molecule has 0 spiro atoms. The van der Waals surface area contributed by atoms with Gasteiger partial charge >= 0.3 is 43.6 Å². The largest absolute Gasteiger partial charge is 0.584 e. The molecule has 0 saturated heterocycles. The van der Waals surface area contributed by atoms with Crippen LogP contribution in [0.5, 0.6) is 0 Å². The van der Waals surface area contributed by atoms with Gasteiger partial charge < -0.3 is 15.3 Å². The number of carbonyl (C=O) groups is 6. The van der Waals surface area contributed by atoms with Gasteiger partial charge in [-0.25, -0.2) is 18.9 Å². The topological polar surface area (TPSA) is 236 Å². The summed E-state index contributed by atoms with van der Waals surface area (Å²) < 4.78 is 23.8. The number of hydrogen-bond donors (Lipinski definition) is 3. The first kappa shape index (κ1) is 25.9.